The number of alkyl halides is 3. The molecule has 0 aliphatic rings. The van der Waals surface area contributed by atoms with Crippen molar-refractivity contribution in [3.05, 3.63) is 29.6 Å². The average molecular weight is 238 g/mol. The van der Waals surface area contributed by atoms with Crippen LogP contribution < -0.4 is 4.74 Å². The third kappa shape index (κ3) is 3.76. The molecule has 16 heavy (non-hydrogen) atoms. The summed E-state index contributed by atoms with van der Waals surface area (Å²) in [5.74, 6) is -3.44. The molecule has 0 fully saturated rings. The first-order valence-corrected chi connectivity index (χ1v) is 4.04. The smallest absolute Gasteiger partial charge is 0.481 e. The van der Waals surface area contributed by atoms with Gasteiger partial charge >= 0.3 is 12.3 Å². The molecule has 0 spiro atoms. The van der Waals surface area contributed by atoms with E-state index in [4.69, 9.17) is 5.11 Å². The van der Waals surface area contributed by atoms with Gasteiger partial charge in [-0.25, -0.2) is 4.39 Å². The number of carboxylic acid groups (broad SMARTS) is 1. The fourth-order valence-corrected chi connectivity index (χ4v) is 1.04. The maximum Gasteiger partial charge on any atom is 0.573 e. The van der Waals surface area contributed by atoms with Crippen LogP contribution in [0, 0.1) is 5.82 Å². The zero-order chi connectivity index (χ0) is 12.3. The number of ether oxygens (including phenoxy) is 1. The van der Waals surface area contributed by atoms with E-state index in [9.17, 15) is 22.4 Å². The highest BCUT2D eigenvalue weighted by molar-refractivity contribution is 5.70. The van der Waals surface area contributed by atoms with Crippen molar-refractivity contribution in [3.8, 4) is 5.75 Å². The first-order valence-electron chi connectivity index (χ1n) is 4.04. The van der Waals surface area contributed by atoms with Crippen LogP contribution in [0.15, 0.2) is 18.2 Å². The minimum Gasteiger partial charge on any atom is -0.481 e. The molecule has 1 N–H and O–H groups in total. The minimum absolute atomic E-state index is 0.0551. The molecule has 1 aromatic rings. The molecule has 0 aromatic heterocycles. The number of halogens is 4. The Balaban J connectivity index is 2.87. The molecule has 0 amide bonds. The normalized spacial score (nSPS) is 11.2. The zero-order valence-electron chi connectivity index (χ0n) is 7.71. The highest BCUT2D eigenvalue weighted by Crippen LogP contribution is 2.26. The van der Waals surface area contributed by atoms with Crippen LogP contribution in [0.4, 0.5) is 17.6 Å². The molecule has 0 saturated heterocycles. The van der Waals surface area contributed by atoms with Gasteiger partial charge in [0.25, 0.3) is 0 Å². The van der Waals surface area contributed by atoms with Crippen LogP contribution >= 0.6 is 0 Å². The van der Waals surface area contributed by atoms with E-state index >= 15 is 0 Å². The van der Waals surface area contributed by atoms with Crippen molar-refractivity contribution in [2.24, 2.45) is 0 Å². The van der Waals surface area contributed by atoms with Gasteiger partial charge in [-0.2, -0.15) is 0 Å². The van der Waals surface area contributed by atoms with Crippen LogP contribution in [0.3, 0.4) is 0 Å². The molecular formula is C9H6F4O3. The predicted molar refractivity (Wildman–Crippen MR) is 44.4 cm³/mol. The Morgan fingerprint density at radius 1 is 1.38 bits per heavy atom. The molecule has 0 aliphatic carbocycles. The number of benzene rings is 1. The lowest BCUT2D eigenvalue weighted by Crippen LogP contribution is -2.18. The van der Waals surface area contributed by atoms with Crippen molar-refractivity contribution in [3.63, 3.8) is 0 Å². The number of carbonyl (C=O) groups is 1. The molecule has 7 heteroatoms. The van der Waals surface area contributed by atoms with Crippen LogP contribution in [0.5, 0.6) is 5.75 Å². The molecule has 0 heterocycles. The van der Waals surface area contributed by atoms with Gasteiger partial charge in [-0.3, -0.25) is 4.79 Å². The summed E-state index contributed by atoms with van der Waals surface area (Å²) in [4.78, 5) is 10.3. The molecule has 0 radical (unpaired) electrons. The number of carboxylic acids is 1. The Labute approximate surface area is 87.3 Å². The minimum atomic E-state index is -4.98. The van der Waals surface area contributed by atoms with E-state index < -0.39 is 30.3 Å². The molecule has 0 aliphatic heterocycles. The van der Waals surface area contributed by atoms with E-state index in [0.717, 1.165) is 12.1 Å². The van der Waals surface area contributed by atoms with Gasteiger partial charge in [0.1, 0.15) is 0 Å². The summed E-state index contributed by atoms with van der Waals surface area (Å²) in [5.41, 5.74) is 0.0551. The predicted octanol–water partition coefficient (Wildman–Crippen LogP) is 2.35. The number of hydrogen-bond acceptors (Lipinski definition) is 2. The second kappa shape index (κ2) is 4.38. The average Bonchev–Trinajstić information content (AvgIpc) is 2.06. The molecule has 3 nitrogen and oxygen atoms in total. The van der Waals surface area contributed by atoms with E-state index in [0.29, 0.717) is 6.07 Å². The standard InChI is InChI=1S/C9H6F4O3/c10-6-3-5(4-8(14)15)1-2-7(6)16-9(11,12)13/h1-3H,4H2,(H,14,15). The lowest BCUT2D eigenvalue weighted by molar-refractivity contribution is -0.275. The van der Waals surface area contributed by atoms with Gasteiger partial charge in [0.15, 0.2) is 11.6 Å². The van der Waals surface area contributed by atoms with Gasteiger partial charge < -0.3 is 9.84 Å². The molecule has 0 saturated carbocycles. The first-order chi connectivity index (χ1) is 7.28. The highest BCUT2D eigenvalue weighted by atomic mass is 19.4. The van der Waals surface area contributed by atoms with Crippen molar-refractivity contribution in [2.75, 3.05) is 0 Å². The maximum atomic E-state index is 13.0. The van der Waals surface area contributed by atoms with Crippen LogP contribution in [-0.2, 0) is 11.2 Å². The molecular weight excluding hydrogens is 232 g/mol. The summed E-state index contributed by atoms with van der Waals surface area (Å²) < 4.78 is 51.6. The summed E-state index contributed by atoms with van der Waals surface area (Å²) in [5, 5.41) is 8.38. The lowest BCUT2D eigenvalue weighted by atomic mass is 10.1. The quantitative estimate of drug-likeness (QED) is 0.822. The third-order valence-corrected chi connectivity index (χ3v) is 1.58. The molecule has 0 bridgehead atoms. The van der Waals surface area contributed by atoms with Gasteiger partial charge in [0, 0.05) is 0 Å². The Hall–Kier alpha value is -1.79. The molecule has 1 rings (SSSR count). The Morgan fingerprint density at radius 3 is 2.44 bits per heavy atom. The number of hydrogen-bond donors (Lipinski definition) is 1. The number of aliphatic carboxylic acids is 1. The lowest BCUT2D eigenvalue weighted by Gasteiger charge is -2.09. The zero-order valence-corrected chi connectivity index (χ0v) is 7.71. The third-order valence-electron chi connectivity index (χ3n) is 1.58. The Kier molecular flexibility index (Phi) is 3.36. The van der Waals surface area contributed by atoms with Gasteiger partial charge in [-0.1, -0.05) is 6.07 Å². The van der Waals surface area contributed by atoms with E-state index in [1.165, 1.54) is 0 Å². The summed E-state index contributed by atoms with van der Waals surface area (Å²) in [6.07, 6.45) is -5.45. The molecule has 0 atom stereocenters. The van der Waals surface area contributed by atoms with Gasteiger partial charge in [0.05, 0.1) is 6.42 Å². The molecule has 0 unspecified atom stereocenters. The topological polar surface area (TPSA) is 46.5 Å². The van der Waals surface area contributed by atoms with Crippen molar-refractivity contribution in [1.29, 1.82) is 0 Å². The van der Waals surface area contributed by atoms with Crippen LogP contribution in [0.25, 0.3) is 0 Å². The summed E-state index contributed by atoms with van der Waals surface area (Å²) >= 11 is 0. The molecule has 88 valence electrons. The maximum absolute atomic E-state index is 13.0. The SMILES string of the molecule is O=C(O)Cc1ccc(OC(F)(F)F)c(F)c1. The van der Waals surface area contributed by atoms with Crippen molar-refractivity contribution >= 4 is 5.97 Å². The van der Waals surface area contributed by atoms with Crippen molar-refractivity contribution in [1.82, 2.24) is 0 Å². The summed E-state index contributed by atoms with van der Waals surface area (Å²) in [6, 6.07) is 2.48. The Bertz CT molecular complexity index is 400. The second-order valence-corrected chi connectivity index (χ2v) is 2.88. The molecule has 1 aromatic carbocycles. The van der Waals surface area contributed by atoms with Crippen molar-refractivity contribution < 1.29 is 32.2 Å². The van der Waals surface area contributed by atoms with E-state index in [2.05, 4.69) is 4.74 Å². The fraction of sp³-hybridized carbons (Fsp3) is 0.222. The van der Waals surface area contributed by atoms with Crippen molar-refractivity contribution in [2.45, 2.75) is 12.8 Å². The number of rotatable bonds is 3. The Morgan fingerprint density at radius 2 is 2.00 bits per heavy atom. The summed E-state index contributed by atoms with van der Waals surface area (Å²) in [7, 11) is 0. The van der Waals surface area contributed by atoms with E-state index in [1.807, 2.05) is 0 Å². The fourth-order valence-electron chi connectivity index (χ4n) is 1.04. The van der Waals surface area contributed by atoms with E-state index in [1.54, 1.807) is 0 Å². The van der Waals surface area contributed by atoms with Crippen LogP contribution in [0.2, 0.25) is 0 Å². The van der Waals surface area contributed by atoms with Gasteiger partial charge in [-0.15, -0.1) is 13.2 Å². The summed E-state index contributed by atoms with van der Waals surface area (Å²) in [6.45, 7) is 0. The largest absolute Gasteiger partial charge is 0.573 e. The van der Waals surface area contributed by atoms with E-state index in [-0.39, 0.29) is 5.56 Å². The monoisotopic (exact) mass is 238 g/mol. The van der Waals surface area contributed by atoms with Gasteiger partial charge in [0.2, 0.25) is 0 Å². The van der Waals surface area contributed by atoms with Crippen LogP contribution in [0.1, 0.15) is 5.56 Å². The highest BCUT2D eigenvalue weighted by Gasteiger charge is 2.32. The van der Waals surface area contributed by atoms with Crippen LogP contribution in [-0.4, -0.2) is 17.4 Å². The van der Waals surface area contributed by atoms with Gasteiger partial charge in [-0.05, 0) is 17.7 Å². The second-order valence-electron chi connectivity index (χ2n) is 2.88. The first kappa shape index (κ1) is 12.3.